The second-order valence-electron chi connectivity index (χ2n) is 11.5. The summed E-state index contributed by atoms with van der Waals surface area (Å²) in [6, 6.07) is 19.5. The van der Waals surface area contributed by atoms with Crippen LogP contribution in [0.5, 0.6) is 5.75 Å². The second-order valence-corrected chi connectivity index (χ2v) is 12.5. The largest absolute Gasteiger partial charge is 0.573 e. The van der Waals surface area contributed by atoms with Gasteiger partial charge in [-0.05, 0) is 94.3 Å². The zero-order valence-electron chi connectivity index (χ0n) is 26.2. The molecule has 0 spiro atoms. The molecule has 1 aliphatic heterocycles. The molecule has 12 heteroatoms. The maximum absolute atomic E-state index is 12.9. The SMILES string of the molecule is Cc1cccc(C)c1N1/C(=N/C(=O)NC(C)CCCc2ccc(-c3ncn(-c4ccc(OC(F)(F)F)cc4)n3)cc2)SCCC1C. The van der Waals surface area contributed by atoms with Crippen LogP contribution in [0.15, 0.2) is 78.0 Å². The molecule has 3 aromatic carbocycles. The van der Waals surface area contributed by atoms with E-state index in [9.17, 15) is 18.0 Å². The van der Waals surface area contributed by atoms with Gasteiger partial charge in [0, 0.05) is 29.1 Å². The maximum Gasteiger partial charge on any atom is 0.573 e. The molecular formula is C34H37F3N6O2S. The number of aliphatic imine (C=N–C) groups is 1. The molecule has 1 aromatic heterocycles. The van der Waals surface area contributed by atoms with Crippen molar-refractivity contribution in [1.29, 1.82) is 0 Å². The summed E-state index contributed by atoms with van der Waals surface area (Å²) in [4.78, 5) is 24.0. The van der Waals surface area contributed by atoms with Crippen LogP contribution in [-0.4, -0.2) is 50.2 Å². The van der Waals surface area contributed by atoms with E-state index in [-0.39, 0.29) is 23.9 Å². The first kappa shape index (κ1) is 33.1. The number of benzene rings is 3. The molecular weight excluding hydrogens is 613 g/mol. The summed E-state index contributed by atoms with van der Waals surface area (Å²) in [5.41, 5.74) is 6.00. The Kier molecular flexibility index (Phi) is 10.4. The average Bonchev–Trinajstić information content (AvgIpc) is 3.49. The number of amides is 2. The van der Waals surface area contributed by atoms with Gasteiger partial charge in [-0.3, -0.25) is 0 Å². The Morgan fingerprint density at radius 2 is 1.78 bits per heavy atom. The second kappa shape index (κ2) is 14.4. The summed E-state index contributed by atoms with van der Waals surface area (Å²) < 4.78 is 42.7. The van der Waals surface area contributed by atoms with Gasteiger partial charge in [0.1, 0.15) is 12.1 Å². The highest BCUT2D eigenvalue weighted by Crippen LogP contribution is 2.34. The zero-order valence-corrected chi connectivity index (χ0v) is 27.0. The molecule has 1 N–H and O–H groups in total. The lowest BCUT2D eigenvalue weighted by Gasteiger charge is -2.37. The molecule has 1 aliphatic rings. The summed E-state index contributed by atoms with van der Waals surface area (Å²) in [5.74, 6) is 1.13. The first-order valence-electron chi connectivity index (χ1n) is 15.2. The third kappa shape index (κ3) is 8.48. The van der Waals surface area contributed by atoms with E-state index in [4.69, 9.17) is 0 Å². The fraction of sp³-hybridized carbons (Fsp3) is 0.353. The van der Waals surface area contributed by atoms with Crippen LogP contribution in [0, 0.1) is 13.8 Å². The number of urea groups is 1. The molecule has 0 radical (unpaired) electrons. The van der Waals surface area contributed by atoms with Crippen molar-refractivity contribution in [3.05, 3.63) is 89.7 Å². The van der Waals surface area contributed by atoms with Crippen LogP contribution in [0.3, 0.4) is 0 Å². The van der Waals surface area contributed by atoms with Crippen LogP contribution in [-0.2, 0) is 6.42 Å². The number of amidine groups is 1. The van der Waals surface area contributed by atoms with E-state index < -0.39 is 6.36 Å². The summed E-state index contributed by atoms with van der Waals surface area (Å²) >= 11 is 1.63. The van der Waals surface area contributed by atoms with Crippen molar-refractivity contribution in [2.75, 3.05) is 10.7 Å². The normalized spacial score (nSPS) is 16.8. The van der Waals surface area contributed by atoms with Crippen LogP contribution < -0.4 is 15.0 Å². The van der Waals surface area contributed by atoms with E-state index in [1.54, 1.807) is 11.8 Å². The molecule has 46 heavy (non-hydrogen) atoms. The number of ether oxygens (including phenoxy) is 1. The van der Waals surface area contributed by atoms with Crippen molar-refractivity contribution in [3.8, 4) is 22.8 Å². The number of para-hydroxylation sites is 1. The summed E-state index contributed by atoms with van der Waals surface area (Å²) in [7, 11) is 0. The Morgan fingerprint density at radius 3 is 2.46 bits per heavy atom. The molecule has 0 aliphatic carbocycles. The molecule has 0 bridgehead atoms. The van der Waals surface area contributed by atoms with Gasteiger partial charge in [-0.2, -0.15) is 4.99 Å². The van der Waals surface area contributed by atoms with Crippen molar-refractivity contribution in [2.45, 2.75) is 71.8 Å². The van der Waals surface area contributed by atoms with Crippen molar-refractivity contribution in [1.82, 2.24) is 20.1 Å². The van der Waals surface area contributed by atoms with E-state index in [0.717, 1.165) is 53.4 Å². The maximum atomic E-state index is 12.9. The van der Waals surface area contributed by atoms with Gasteiger partial charge < -0.3 is 15.0 Å². The number of halogens is 3. The molecule has 2 heterocycles. The first-order valence-corrected chi connectivity index (χ1v) is 16.2. The fourth-order valence-electron chi connectivity index (χ4n) is 5.45. The lowest BCUT2D eigenvalue weighted by atomic mass is 10.0. The van der Waals surface area contributed by atoms with E-state index in [0.29, 0.717) is 11.5 Å². The van der Waals surface area contributed by atoms with Gasteiger partial charge in [0.15, 0.2) is 11.0 Å². The van der Waals surface area contributed by atoms with Crippen molar-refractivity contribution in [2.24, 2.45) is 4.99 Å². The number of carbonyl (C=O) groups is 1. The molecule has 2 amide bonds. The Balaban J connectivity index is 1.12. The molecule has 242 valence electrons. The van der Waals surface area contributed by atoms with Gasteiger partial charge in [0.2, 0.25) is 0 Å². The fourth-order valence-corrected chi connectivity index (χ4v) is 6.65. The molecule has 2 atom stereocenters. The number of hydrogen-bond acceptors (Lipinski definition) is 5. The number of rotatable bonds is 9. The lowest BCUT2D eigenvalue weighted by Crippen LogP contribution is -2.43. The number of hydrogen-bond donors (Lipinski definition) is 1. The van der Waals surface area contributed by atoms with Gasteiger partial charge in [0.05, 0.1) is 5.69 Å². The van der Waals surface area contributed by atoms with Crippen LogP contribution in [0.1, 0.15) is 49.8 Å². The quantitative estimate of drug-likeness (QED) is 0.196. The third-order valence-electron chi connectivity index (χ3n) is 7.80. The average molecular weight is 651 g/mol. The van der Waals surface area contributed by atoms with Crippen molar-refractivity contribution < 1.29 is 22.7 Å². The topological polar surface area (TPSA) is 84.6 Å². The predicted molar refractivity (Wildman–Crippen MR) is 177 cm³/mol. The third-order valence-corrected chi connectivity index (χ3v) is 8.79. The van der Waals surface area contributed by atoms with Gasteiger partial charge >= 0.3 is 12.4 Å². The summed E-state index contributed by atoms with van der Waals surface area (Å²) in [6.07, 6.45) is 0.335. The number of anilines is 1. The van der Waals surface area contributed by atoms with Crippen LogP contribution >= 0.6 is 11.8 Å². The number of nitrogens with zero attached hydrogens (tertiary/aromatic N) is 5. The number of aryl methyl sites for hydroxylation is 3. The van der Waals surface area contributed by atoms with Gasteiger partial charge in [0.25, 0.3) is 0 Å². The molecule has 5 rings (SSSR count). The van der Waals surface area contributed by atoms with Crippen molar-refractivity contribution >= 4 is 28.6 Å². The summed E-state index contributed by atoms with van der Waals surface area (Å²) in [5, 5.41) is 8.25. The standard InChI is InChI=1S/C34H37F3N6O2S/c1-22-7-5-8-23(2)30(22)43-25(4)19-20-46-33(43)40-32(44)39-24(3)9-6-10-26-11-13-27(14-12-26)31-38-21-42(41-31)28-15-17-29(18-16-28)45-34(35,36)37/h5,7-8,11-18,21,24-25H,6,9-10,19-20H2,1-4H3,(H,39,44)/b40-33-. The smallest absolute Gasteiger partial charge is 0.406 e. The summed E-state index contributed by atoms with van der Waals surface area (Å²) in [6.45, 7) is 8.37. The first-order chi connectivity index (χ1) is 22.0. The van der Waals surface area contributed by atoms with E-state index in [1.165, 1.54) is 46.4 Å². The molecule has 0 saturated carbocycles. The number of nitrogens with one attached hydrogen (secondary N) is 1. The van der Waals surface area contributed by atoms with Gasteiger partial charge in [-0.15, -0.1) is 18.3 Å². The monoisotopic (exact) mass is 650 g/mol. The number of thioether (sulfide) groups is 1. The number of carbonyl (C=O) groups excluding carboxylic acids is 1. The van der Waals surface area contributed by atoms with Crippen LogP contribution in [0.2, 0.25) is 0 Å². The zero-order chi connectivity index (χ0) is 32.8. The predicted octanol–water partition coefficient (Wildman–Crippen LogP) is 8.26. The molecule has 4 aromatic rings. The molecule has 2 unspecified atom stereocenters. The van der Waals surface area contributed by atoms with E-state index >= 15 is 0 Å². The Bertz CT molecular complexity index is 1650. The molecule has 1 fully saturated rings. The van der Waals surface area contributed by atoms with E-state index in [1.807, 2.05) is 31.2 Å². The van der Waals surface area contributed by atoms with E-state index in [2.05, 4.69) is 69.0 Å². The minimum atomic E-state index is -4.74. The molecule has 8 nitrogen and oxygen atoms in total. The Hall–Kier alpha value is -4.32. The Morgan fingerprint density at radius 1 is 1.09 bits per heavy atom. The highest BCUT2D eigenvalue weighted by Gasteiger charge is 2.31. The van der Waals surface area contributed by atoms with Crippen molar-refractivity contribution in [3.63, 3.8) is 0 Å². The highest BCUT2D eigenvalue weighted by molar-refractivity contribution is 8.14. The van der Waals surface area contributed by atoms with Crippen LogP contribution in [0.4, 0.5) is 23.7 Å². The number of alkyl halides is 3. The molecule has 1 saturated heterocycles. The minimum Gasteiger partial charge on any atom is -0.406 e. The van der Waals surface area contributed by atoms with Gasteiger partial charge in [-0.1, -0.05) is 54.2 Å². The highest BCUT2D eigenvalue weighted by atomic mass is 32.2. The lowest BCUT2D eigenvalue weighted by molar-refractivity contribution is -0.274. The number of aromatic nitrogens is 3. The minimum absolute atomic E-state index is 0.0296. The van der Waals surface area contributed by atoms with Crippen LogP contribution in [0.25, 0.3) is 17.1 Å². The Labute approximate surface area is 271 Å². The van der Waals surface area contributed by atoms with Gasteiger partial charge in [-0.25, -0.2) is 14.5 Å².